The molecule has 2 aromatic carbocycles. The largest absolute Gasteiger partial charge is 0.322 e. The second-order valence-corrected chi connectivity index (χ2v) is 9.17. The molecule has 2 aromatic rings. The predicted molar refractivity (Wildman–Crippen MR) is 111 cm³/mol. The van der Waals surface area contributed by atoms with Crippen LogP contribution in [0.5, 0.6) is 0 Å². The van der Waals surface area contributed by atoms with Gasteiger partial charge < -0.3 is 5.32 Å². The summed E-state index contributed by atoms with van der Waals surface area (Å²) in [5.74, 6) is -0.488. The van der Waals surface area contributed by atoms with Crippen LogP contribution in [0.2, 0.25) is 10.0 Å². The van der Waals surface area contributed by atoms with Crippen LogP contribution in [0.1, 0.15) is 34.8 Å². The summed E-state index contributed by atoms with van der Waals surface area (Å²) in [6, 6.07) is 9.99. The molecule has 146 valence electrons. The third-order valence-corrected chi connectivity index (χ3v) is 7.10. The normalized spacial score (nSPS) is 15.3. The summed E-state index contributed by atoms with van der Waals surface area (Å²) in [4.78, 5) is 12.8. The van der Waals surface area contributed by atoms with Gasteiger partial charge in [0.15, 0.2) is 0 Å². The van der Waals surface area contributed by atoms with E-state index in [9.17, 15) is 13.2 Å². The highest BCUT2D eigenvalue weighted by molar-refractivity contribution is 7.93. The molecule has 0 radical (unpaired) electrons. The van der Waals surface area contributed by atoms with Gasteiger partial charge in [0.2, 0.25) is 10.0 Å². The number of amides is 1. The zero-order chi connectivity index (χ0) is 20.5. The van der Waals surface area contributed by atoms with Crippen molar-refractivity contribution in [2.24, 2.45) is 0 Å². The van der Waals surface area contributed by atoms with Crippen molar-refractivity contribution in [3.8, 4) is 6.07 Å². The number of rotatable bonds is 4. The number of benzene rings is 2. The van der Waals surface area contributed by atoms with Crippen LogP contribution in [0.25, 0.3) is 0 Å². The summed E-state index contributed by atoms with van der Waals surface area (Å²) >= 11 is 12.4. The summed E-state index contributed by atoms with van der Waals surface area (Å²) in [6.07, 6.45) is 1.21. The van der Waals surface area contributed by atoms with Gasteiger partial charge in [-0.05, 0) is 48.7 Å². The molecule has 1 heterocycles. The molecule has 0 saturated carbocycles. The Labute approximate surface area is 173 Å². The lowest BCUT2D eigenvalue weighted by molar-refractivity contribution is 0.102. The number of carbonyl (C=O) groups excluding carboxylic acids is 1. The molecule has 1 fully saturated rings. The minimum atomic E-state index is -3.43. The topological polar surface area (TPSA) is 90.3 Å². The molecule has 0 atom stereocenters. The molecule has 0 bridgehead atoms. The van der Waals surface area contributed by atoms with Crippen LogP contribution in [0.3, 0.4) is 0 Å². The quantitative estimate of drug-likeness (QED) is 0.774. The predicted octanol–water partition coefficient (Wildman–Crippen LogP) is 4.22. The first-order valence-electron chi connectivity index (χ1n) is 8.60. The molecule has 6 nitrogen and oxygen atoms in total. The van der Waals surface area contributed by atoms with Crippen molar-refractivity contribution in [3.05, 3.63) is 57.1 Å². The minimum Gasteiger partial charge on any atom is -0.322 e. The third kappa shape index (κ3) is 4.09. The van der Waals surface area contributed by atoms with Crippen molar-refractivity contribution < 1.29 is 13.2 Å². The lowest BCUT2D eigenvalue weighted by Crippen LogP contribution is -2.25. The van der Waals surface area contributed by atoms with Crippen LogP contribution in [0.15, 0.2) is 30.3 Å². The van der Waals surface area contributed by atoms with E-state index in [0.717, 1.165) is 5.56 Å². The summed E-state index contributed by atoms with van der Waals surface area (Å²) in [6.45, 7) is 2.27. The monoisotopic (exact) mass is 437 g/mol. The molecular formula is C19H17Cl2N3O3S. The molecule has 0 unspecified atom stereocenters. The smallest absolute Gasteiger partial charge is 0.257 e. The van der Waals surface area contributed by atoms with Gasteiger partial charge in [-0.25, -0.2) is 8.42 Å². The van der Waals surface area contributed by atoms with E-state index in [1.165, 1.54) is 16.4 Å². The fourth-order valence-electron chi connectivity index (χ4n) is 3.04. The SMILES string of the molecule is CCc1cc(C#N)cc(NC(=O)c2cc(N3CCCS3(=O)=O)cc(Cl)c2Cl)c1. The van der Waals surface area contributed by atoms with E-state index >= 15 is 0 Å². The van der Waals surface area contributed by atoms with Crippen LogP contribution in [-0.4, -0.2) is 26.6 Å². The summed E-state index contributed by atoms with van der Waals surface area (Å²) < 4.78 is 25.6. The van der Waals surface area contributed by atoms with E-state index in [0.29, 0.717) is 36.3 Å². The van der Waals surface area contributed by atoms with E-state index in [-0.39, 0.29) is 21.4 Å². The van der Waals surface area contributed by atoms with Gasteiger partial charge in [0.25, 0.3) is 5.91 Å². The lowest BCUT2D eigenvalue weighted by Gasteiger charge is -2.19. The first-order chi connectivity index (χ1) is 13.2. The molecule has 9 heteroatoms. The van der Waals surface area contributed by atoms with Crippen LogP contribution in [0, 0.1) is 11.3 Å². The second-order valence-electron chi connectivity index (χ2n) is 6.37. The number of nitriles is 1. The van der Waals surface area contributed by atoms with Crippen LogP contribution < -0.4 is 9.62 Å². The second kappa shape index (κ2) is 8.00. The fourth-order valence-corrected chi connectivity index (χ4v) is 5.00. The lowest BCUT2D eigenvalue weighted by atomic mass is 10.1. The number of halogens is 2. The molecule has 1 amide bonds. The number of sulfonamides is 1. The Morgan fingerprint density at radius 1 is 1.25 bits per heavy atom. The van der Waals surface area contributed by atoms with Crippen molar-refractivity contribution in [1.29, 1.82) is 5.26 Å². The van der Waals surface area contributed by atoms with E-state index in [4.69, 9.17) is 28.5 Å². The van der Waals surface area contributed by atoms with Crippen LogP contribution >= 0.6 is 23.2 Å². The van der Waals surface area contributed by atoms with Gasteiger partial charge in [-0.1, -0.05) is 30.1 Å². The Kier molecular flexibility index (Phi) is 5.84. The van der Waals surface area contributed by atoms with Crippen LogP contribution in [-0.2, 0) is 16.4 Å². The molecule has 1 saturated heterocycles. The first-order valence-corrected chi connectivity index (χ1v) is 11.0. The molecule has 1 aliphatic rings. The summed E-state index contributed by atoms with van der Waals surface area (Å²) in [5, 5.41) is 12.0. The highest BCUT2D eigenvalue weighted by atomic mass is 35.5. The zero-order valence-corrected chi connectivity index (χ0v) is 17.3. The molecular weight excluding hydrogens is 421 g/mol. The van der Waals surface area contributed by atoms with E-state index in [1.807, 2.05) is 6.92 Å². The minimum absolute atomic E-state index is 0.0339. The fraction of sp³-hybridized carbons (Fsp3) is 0.263. The van der Waals surface area contributed by atoms with Gasteiger partial charge >= 0.3 is 0 Å². The number of hydrogen-bond acceptors (Lipinski definition) is 4. The Balaban J connectivity index is 1.97. The van der Waals surface area contributed by atoms with Gasteiger partial charge in [-0.2, -0.15) is 5.26 Å². The standard InChI is InChI=1S/C19H17Cl2N3O3S/c1-2-12-6-13(11-22)8-14(7-12)23-19(25)16-9-15(10-17(20)18(16)21)24-4-3-5-28(24,26)27/h6-10H,2-5H2,1H3,(H,23,25). The Bertz CT molecular complexity index is 1090. The first kappa shape index (κ1) is 20.5. The number of carbonyl (C=O) groups is 1. The van der Waals surface area contributed by atoms with Gasteiger partial charge in [-0.3, -0.25) is 9.10 Å². The average molecular weight is 438 g/mol. The van der Waals surface area contributed by atoms with Gasteiger partial charge in [0.05, 0.1) is 38.7 Å². The van der Waals surface area contributed by atoms with Crippen molar-refractivity contribution in [2.75, 3.05) is 21.9 Å². The van der Waals surface area contributed by atoms with E-state index in [2.05, 4.69) is 11.4 Å². The van der Waals surface area contributed by atoms with Gasteiger partial charge in [0, 0.05) is 12.2 Å². The number of anilines is 2. The Morgan fingerprint density at radius 2 is 2.00 bits per heavy atom. The molecule has 0 spiro atoms. The number of nitrogens with one attached hydrogen (secondary N) is 1. The molecule has 3 rings (SSSR count). The van der Waals surface area contributed by atoms with Crippen molar-refractivity contribution >= 4 is 50.5 Å². The molecule has 1 aliphatic heterocycles. The number of hydrogen-bond donors (Lipinski definition) is 1. The molecule has 0 aromatic heterocycles. The summed E-state index contributed by atoms with van der Waals surface area (Å²) in [5.41, 5.74) is 2.14. The highest BCUT2D eigenvalue weighted by Crippen LogP contribution is 2.34. The van der Waals surface area contributed by atoms with Gasteiger partial charge in [-0.15, -0.1) is 0 Å². The average Bonchev–Trinajstić information content (AvgIpc) is 3.02. The van der Waals surface area contributed by atoms with Gasteiger partial charge in [0.1, 0.15) is 0 Å². The highest BCUT2D eigenvalue weighted by Gasteiger charge is 2.30. The van der Waals surface area contributed by atoms with E-state index in [1.54, 1.807) is 18.2 Å². The third-order valence-electron chi connectivity index (χ3n) is 4.43. The zero-order valence-electron chi connectivity index (χ0n) is 15.0. The number of nitrogens with zero attached hydrogens (tertiary/aromatic N) is 2. The molecule has 0 aliphatic carbocycles. The maximum atomic E-state index is 12.8. The summed E-state index contributed by atoms with van der Waals surface area (Å²) in [7, 11) is -3.43. The Hall–Kier alpha value is -2.27. The molecule has 28 heavy (non-hydrogen) atoms. The number of aryl methyl sites for hydroxylation is 1. The molecule has 1 N–H and O–H groups in total. The Morgan fingerprint density at radius 3 is 2.61 bits per heavy atom. The maximum Gasteiger partial charge on any atom is 0.257 e. The maximum absolute atomic E-state index is 12.8. The van der Waals surface area contributed by atoms with Crippen LogP contribution in [0.4, 0.5) is 11.4 Å². The van der Waals surface area contributed by atoms with Crippen molar-refractivity contribution in [3.63, 3.8) is 0 Å². The van der Waals surface area contributed by atoms with E-state index < -0.39 is 15.9 Å². The van der Waals surface area contributed by atoms with Crippen molar-refractivity contribution in [2.45, 2.75) is 19.8 Å². The van der Waals surface area contributed by atoms with Crippen molar-refractivity contribution in [1.82, 2.24) is 0 Å².